The summed E-state index contributed by atoms with van der Waals surface area (Å²) < 4.78 is 6.04. The Labute approximate surface area is 109 Å². The molecule has 0 aliphatic heterocycles. The highest BCUT2D eigenvalue weighted by atomic mass is 79.9. The summed E-state index contributed by atoms with van der Waals surface area (Å²) in [6.45, 7) is 6.08. The lowest BCUT2D eigenvalue weighted by molar-refractivity contribution is 0.186. The maximum absolute atomic E-state index is 10.3. The van der Waals surface area contributed by atoms with Crippen molar-refractivity contribution in [1.29, 1.82) is 0 Å². The second-order valence-electron chi connectivity index (χ2n) is 4.36. The fraction of sp³-hybridized carbons (Fsp3) is 0.286. The van der Waals surface area contributed by atoms with Crippen molar-refractivity contribution in [3.05, 3.63) is 56.9 Å². The normalized spacial score (nSPS) is 12.8. The number of benzene rings is 1. The second kappa shape index (κ2) is 4.67. The third kappa shape index (κ3) is 2.45. The van der Waals surface area contributed by atoms with E-state index < -0.39 is 6.10 Å². The minimum absolute atomic E-state index is 0.562. The van der Waals surface area contributed by atoms with E-state index in [1.54, 1.807) is 12.1 Å². The van der Waals surface area contributed by atoms with Crippen molar-refractivity contribution in [2.75, 3.05) is 0 Å². The van der Waals surface area contributed by atoms with Gasteiger partial charge in [-0.3, -0.25) is 0 Å². The molecule has 17 heavy (non-hydrogen) atoms. The van der Waals surface area contributed by atoms with Gasteiger partial charge >= 0.3 is 0 Å². The van der Waals surface area contributed by atoms with Crippen LogP contribution in [0, 0.1) is 20.8 Å². The number of halogens is 1. The quantitative estimate of drug-likeness (QED) is 0.906. The molecule has 1 aromatic heterocycles. The van der Waals surface area contributed by atoms with E-state index in [-0.39, 0.29) is 0 Å². The molecule has 0 bridgehead atoms. The molecule has 0 saturated heterocycles. The minimum Gasteiger partial charge on any atom is -0.451 e. The van der Waals surface area contributed by atoms with E-state index in [4.69, 9.17) is 4.42 Å². The summed E-state index contributed by atoms with van der Waals surface area (Å²) in [7, 11) is 0. The summed E-state index contributed by atoms with van der Waals surface area (Å²) in [4.78, 5) is 0. The van der Waals surface area contributed by atoms with Gasteiger partial charge in [0.15, 0.2) is 4.67 Å². The summed E-state index contributed by atoms with van der Waals surface area (Å²) in [5.74, 6) is 0.562. The number of hydrogen-bond acceptors (Lipinski definition) is 2. The molecule has 1 aromatic carbocycles. The minimum atomic E-state index is -0.707. The van der Waals surface area contributed by atoms with Gasteiger partial charge < -0.3 is 9.52 Å². The van der Waals surface area contributed by atoms with Crippen molar-refractivity contribution in [3.63, 3.8) is 0 Å². The summed E-state index contributed by atoms with van der Waals surface area (Å²) in [5.41, 5.74) is 4.30. The molecule has 90 valence electrons. The molecule has 0 saturated carbocycles. The zero-order valence-electron chi connectivity index (χ0n) is 10.1. The van der Waals surface area contributed by atoms with Gasteiger partial charge in [0.1, 0.15) is 11.9 Å². The number of aliphatic hydroxyl groups excluding tert-OH is 1. The van der Waals surface area contributed by atoms with Gasteiger partial charge in [-0.25, -0.2) is 0 Å². The maximum Gasteiger partial charge on any atom is 0.169 e. The lowest BCUT2D eigenvalue weighted by Crippen LogP contribution is -2.04. The number of furan rings is 1. The fourth-order valence-corrected chi connectivity index (χ4v) is 2.56. The molecule has 2 aromatic rings. The van der Waals surface area contributed by atoms with Crippen molar-refractivity contribution in [2.24, 2.45) is 0 Å². The van der Waals surface area contributed by atoms with E-state index in [1.807, 2.05) is 13.8 Å². The Morgan fingerprint density at radius 2 is 1.71 bits per heavy atom. The summed E-state index contributed by atoms with van der Waals surface area (Å²) in [6.07, 6.45) is -0.707. The van der Waals surface area contributed by atoms with Crippen molar-refractivity contribution in [3.8, 4) is 0 Å². The molecule has 2 rings (SSSR count). The van der Waals surface area contributed by atoms with Crippen LogP contribution in [-0.4, -0.2) is 5.11 Å². The maximum atomic E-state index is 10.3. The highest BCUT2D eigenvalue weighted by Gasteiger charge is 2.18. The van der Waals surface area contributed by atoms with E-state index in [9.17, 15) is 5.11 Å². The summed E-state index contributed by atoms with van der Waals surface area (Å²) in [5, 5.41) is 10.3. The molecule has 0 spiro atoms. The number of rotatable bonds is 2. The number of aliphatic hydroxyl groups is 1. The standard InChI is InChI=1S/C14H15BrO2/c1-8-6-9(2)13(10(3)7-8)14(16)11-4-5-12(15)17-11/h4-7,14,16H,1-3H3. The first kappa shape index (κ1) is 12.4. The molecule has 3 heteroatoms. The van der Waals surface area contributed by atoms with Crippen LogP contribution in [0.1, 0.15) is 34.1 Å². The Bertz CT molecular complexity index is 520. The van der Waals surface area contributed by atoms with Crippen LogP contribution in [0.2, 0.25) is 0 Å². The van der Waals surface area contributed by atoms with Gasteiger partial charge in [-0.05, 0) is 65.5 Å². The van der Waals surface area contributed by atoms with Gasteiger partial charge in [-0.1, -0.05) is 17.7 Å². The molecule has 1 atom stereocenters. The Morgan fingerprint density at radius 1 is 1.12 bits per heavy atom. The van der Waals surface area contributed by atoms with Gasteiger partial charge in [-0.15, -0.1) is 0 Å². The van der Waals surface area contributed by atoms with Crippen molar-refractivity contribution in [1.82, 2.24) is 0 Å². The second-order valence-corrected chi connectivity index (χ2v) is 5.14. The smallest absolute Gasteiger partial charge is 0.169 e. The number of aryl methyl sites for hydroxylation is 3. The van der Waals surface area contributed by atoms with E-state index in [0.29, 0.717) is 10.4 Å². The largest absolute Gasteiger partial charge is 0.451 e. The summed E-state index contributed by atoms with van der Waals surface area (Å²) in [6, 6.07) is 7.72. The van der Waals surface area contributed by atoms with E-state index in [0.717, 1.165) is 16.7 Å². The third-order valence-electron chi connectivity index (χ3n) is 2.87. The van der Waals surface area contributed by atoms with Crippen LogP contribution in [0.5, 0.6) is 0 Å². The van der Waals surface area contributed by atoms with Gasteiger partial charge in [0.05, 0.1) is 0 Å². The zero-order valence-corrected chi connectivity index (χ0v) is 11.7. The molecule has 0 fully saturated rings. The zero-order chi connectivity index (χ0) is 12.6. The van der Waals surface area contributed by atoms with Gasteiger partial charge in [0, 0.05) is 0 Å². The van der Waals surface area contributed by atoms with Crippen molar-refractivity contribution >= 4 is 15.9 Å². The average Bonchev–Trinajstić information content (AvgIpc) is 2.63. The third-order valence-corrected chi connectivity index (χ3v) is 3.30. The Balaban J connectivity index is 2.47. The lowest BCUT2D eigenvalue weighted by Gasteiger charge is -2.15. The molecule has 0 amide bonds. The SMILES string of the molecule is Cc1cc(C)c(C(O)c2ccc(Br)o2)c(C)c1. The predicted molar refractivity (Wildman–Crippen MR) is 71.1 cm³/mol. The van der Waals surface area contributed by atoms with Crippen LogP contribution in [0.3, 0.4) is 0 Å². The van der Waals surface area contributed by atoms with E-state index >= 15 is 0 Å². The fourth-order valence-electron chi connectivity index (χ4n) is 2.24. The first-order valence-electron chi connectivity index (χ1n) is 5.50. The molecular weight excluding hydrogens is 280 g/mol. The van der Waals surface area contributed by atoms with Crippen LogP contribution < -0.4 is 0 Å². The Hall–Kier alpha value is -1.06. The van der Waals surface area contributed by atoms with Crippen LogP contribution in [-0.2, 0) is 0 Å². The molecule has 0 radical (unpaired) electrons. The monoisotopic (exact) mass is 294 g/mol. The lowest BCUT2D eigenvalue weighted by atomic mass is 9.94. The first-order chi connectivity index (χ1) is 7.99. The molecular formula is C14H15BrO2. The van der Waals surface area contributed by atoms with Gasteiger partial charge in [-0.2, -0.15) is 0 Å². The number of hydrogen-bond donors (Lipinski definition) is 1. The summed E-state index contributed by atoms with van der Waals surface area (Å²) >= 11 is 3.24. The van der Waals surface area contributed by atoms with Crippen molar-refractivity contribution in [2.45, 2.75) is 26.9 Å². The van der Waals surface area contributed by atoms with Gasteiger partial charge in [0.25, 0.3) is 0 Å². The predicted octanol–water partition coefficient (Wildman–Crippen LogP) is 4.05. The van der Waals surface area contributed by atoms with Crippen LogP contribution in [0.25, 0.3) is 0 Å². The Morgan fingerprint density at radius 3 is 2.18 bits per heavy atom. The molecule has 1 heterocycles. The topological polar surface area (TPSA) is 33.4 Å². The van der Waals surface area contributed by atoms with Gasteiger partial charge in [0.2, 0.25) is 0 Å². The molecule has 2 nitrogen and oxygen atoms in total. The van der Waals surface area contributed by atoms with Crippen molar-refractivity contribution < 1.29 is 9.52 Å². The molecule has 1 N–H and O–H groups in total. The van der Waals surface area contributed by atoms with Crippen LogP contribution in [0.4, 0.5) is 0 Å². The van der Waals surface area contributed by atoms with E-state index in [2.05, 4.69) is 35.0 Å². The van der Waals surface area contributed by atoms with Crippen LogP contribution >= 0.6 is 15.9 Å². The molecule has 1 unspecified atom stereocenters. The average molecular weight is 295 g/mol. The highest BCUT2D eigenvalue weighted by molar-refractivity contribution is 9.10. The first-order valence-corrected chi connectivity index (χ1v) is 6.29. The molecule has 0 aliphatic carbocycles. The Kier molecular flexibility index (Phi) is 3.40. The van der Waals surface area contributed by atoms with Crippen LogP contribution in [0.15, 0.2) is 33.4 Å². The molecule has 0 aliphatic rings. The van der Waals surface area contributed by atoms with E-state index in [1.165, 1.54) is 5.56 Å². The highest BCUT2D eigenvalue weighted by Crippen LogP contribution is 2.30.